The maximum atomic E-state index is 3.48. The van der Waals surface area contributed by atoms with Crippen LogP contribution in [0.25, 0.3) is 0 Å². The molecule has 1 aromatic rings. The molecule has 0 radical (unpaired) electrons. The van der Waals surface area contributed by atoms with Crippen molar-refractivity contribution in [2.75, 3.05) is 7.05 Å². The largest absolute Gasteiger partial charge is 0.313 e. The topological polar surface area (TPSA) is 12.0 Å². The third kappa shape index (κ3) is 1.86. The van der Waals surface area contributed by atoms with Crippen molar-refractivity contribution in [3.63, 3.8) is 0 Å². The molecule has 78 valence electrons. The predicted molar refractivity (Wildman–Crippen MR) is 62.6 cm³/mol. The highest BCUT2D eigenvalue weighted by Crippen LogP contribution is 2.40. The fourth-order valence-corrected chi connectivity index (χ4v) is 3.45. The molecule has 2 rings (SSSR count). The molecule has 1 heterocycles. The van der Waals surface area contributed by atoms with E-state index in [1.54, 1.807) is 11.3 Å². The predicted octanol–water partition coefficient (Wildman–Crippen LogP) is 3.44. The molecule has 3 unspecified atom stereocenters. The molecule has 0 amide bonds. The molecule has 1 saturated carbocycles. The molecular formula is C12H19NS. The van der Waals surface area contributed by atoms with Crippen molar-refractivity contribution in [3.05, 3.63) is 22.4 Å². The molecule has 1 nitrogen and oxygen atoms in total. The fourth-order valence-electron chi connectivity index (χ4n) is 2.75. The zero-order chi connectivity index (χ0) is 9.97. The molecule has 1 aliphatic carbocycles. The second kappa shape index (κ2) is 4.45. The number of hydrogen-bond acceptors (Lipinski definition) is 2. The lowest BCUT2D eigenvalue weighted by Crippen LogP contribution is -2.26. The number of nitrogens with one attached hydrogen (secondary N) is 1. The lowest BCUT2D eigenvalue weighted by atomic mass is 9.87. The number of hydrogen-bond donors (Lipinski definition) is 1. The smallest absolute Gasteiger partial charge is 0.0356 e. The molecule has 0 bridgehead atoms. The first kappa shape index (κ1) is 10.2. The maximum absolute atomic E-state index is 3.48. The maximum Gasteiger partial charge on any atom is 0.0356 e. The van der Waals surface area contributed by atoms with Gasteiger partial charge in [-0.05, 0) is 47.7 Å². The van der Waals surface area contributed by atoms with Gasteiger partial charge in [-0.1, -0.05) is 19.8 Å². The molecule has 3 atom stereocenters. The Labute approximate surface area is 90.5 Å². The van der Waals surface area contributed by atoms with Crippen LogP contribution in [0.4, 0.5) is 0 Å². The highest BCUT2D eigenvalue weighted by Gasteiger charge is 2.30. The molecule has 1 aliphatic rings. The lowest BCUT2D eigenvalue weighted by Gasteiger charge is -2.26. The van der Waals surface area contributed by atoms with E-state index < -0.39 is 0 Å². The highest BCUT2D eigenvalue weighted by atomic mass is 32.1. The minimum Gasteiger partial charge on any atom is -0.313 e. The molecular weight excluding hydrogens is 190 g/mol. The Balaban J connectivity index is 2.13. The van der Waals surface area contributed by atoms with E-state index in [-0.39, 0.29) is 0 Å². The van der Waals surface area contributed by atoms with E-state index >= 15 is 0 Å². The van der Waals surface area contributed by atoms with Crippen LogP contribution in [-0.2, 0) is 0 Å². The Bertz CT molecular complexity index is 268. The summed E-state index contributed by atoms with van der Waals surface area (Å²) in [5.41, 5.74) is 1.48. The van der Waals surface area contributed by atoms with E-state index in [1.807, 2.05) is 0 Å². The first-order chi connectivity index (χ1) is 6.83. The summed E-state index contributed by atoms with van der Waals surface area (Å²) in [4.78, 5) is 0. The Morgan fingerprint density at radius 1 is 1.50 bits per heavy atom. The van der Waals surface area contributed by atoms with E-state index in [9.17, 15) is 0 Å². The van der Waals surface area contributed by atoms with E-state index in [4.69, 9.17) is 0 Å². The Hall–Kier alpha value is -0.340. The van der Waals surface area contributed by atoms with Gasteiger partial charge in [-0.25, -0.2) is 0 Å². The van der Waals surface area contributed by atoms with Crippen LogP contribution < -0.4 is 5.32 Å². The second-order valence-electron chi connectivity index (χ2n) is 4.40. The van der Waals surface area contributed by atoms with Gasteiger partial charge in [0.1, 0.15) is 0 Å². The molecule has 0 aliphatic heterocycles. The zero-order valence-corrected chi connectivity index (χ0v) is 9.81. The molecule has 0 spiro atoms. The van der Waals surface area contributed by atoms with Crippen LogP contribution in [0.2, 0.25) is 0 Å². The van der Waals surface area contributed by atoms with Gasteiger partial charge in [-0.15, -0.1) is 0 Å². The molecule has 2 heteroatoms. The second-order valence-corrected chi connectivity index (χ2v) is 5.18. The monoisotopic (exact) mass is 209 g/mol. The summed E-state index contributed by atoms with van der Waals surface area (Å²) in [6, 6.07) is 2.84. The van der Waals surface area contributed by atoms with E-state index in [1.165, 1.54) is 24.8 Å². The Morgan fingerprint density at radius 3 is 2.86 bits per heavy atom. The van der Waals surface area contributed by atoms with Gasteiger partial charge >= 0.3 is 0 Å². The fraction of sp³-hybridized carbons (Fsp3) is 0.667. The van der Waals surface area contributed by atoms with Crippen LogP contribution in [0.5, 0.6) is 0 Å². The van der Waals surface area contributed by atoms with Gasteiger partial charge in [0.2, 0.25) is 0 Å². The Kier molecular flexibility index (Phi) is 3.24. The quantitative estimate of drug-likeness (QED) is 0.804. The van der Waals surface area contributed by atoms with Crippen molar-refractivity contribution in [2.45, 2.75) is 32.2 Å². The summed E-state index contributed by atoms with van der Waals surface area (Å²) in [5, 5.41) is 7.95. The summed E-state index contributed by atoms with van der Waals surface area (Å²) < 4.78 is 0. The first-order valence-corrected chi connectivity index (χ1v) is 6.46. The number of rotatable bonds is 3. The molecule has 1 fully saturated rings. The van der Waals surface area contributed by atoms with Crippen LogP contribution in [0, 0.1) is 11.8 Å². The molecule has 0 saturated heterocycles. The molecule has 1 N–H and O–H groups in total. The van der Waals surface area contributed by atoms with Crippen LogP contribution in [0.1, 0.15) is 37.8 Å². The summed E-state index contributed by atoms with van der Waals surface area (Å²) in [6.07, 6.45) is 4.21. The van der Waals surface area contributed by atoms with Crippen molar-refractivity contribution < 1.29 is 0 Å². The third-order valence-corrected chi connectivity index (χ3v) is 4.27. The molecule has 14 heavy (non-hydrogen) atoms. The van der Waals surface area contributed by atoms with Crippen LogP contribution in [0.15, 0.2) is 16.8 Å². The van der Waals surface area contributed by atoms with Gasteiger partial charge < -0.3 is 5.32 Å². The highest BCUT2D eigenvalue weighted by molar-refractivity contribution is 7.07. The van der Waals surface area contributed by atoms with Crippen LogP contribution in [0.3, 0.4) is 0 Å². The van der Waals surface area contributed by atoms with Gasteiger partial charge in [-0.3, -0.25) is 0 Å². The SMILES string of the molecule is CNC(c1ccsc1)C1CCCC1C. The zero-order valence-electron chi connectivity index (χ0n) is 8.99. The summed E-state index contributed by atoms with van der Waals surface area (Å²) in [5.74, 6) is 1.72. The minimum atomic E-state index is 0.582. The lowest BCUT2D eigenvalue weighted by molar-refractivity contribution is 0.316. The van der Waals surface area contributed by atoms with Crippen molar-refractivity contribution >= 4 is 11.3 Å². The Morgan fingerprint density at radius 2 is 2.36 bits per heavy atom. The standard InChI is InChI=1S/C12H19NS/c1-9-4-3-5-11(9)12(13-2)10-6-7-14-8-10/h6-9,11-13H,3-5H2,1-2H3. The normalized spacial score (nSPS) is 29.3. The average molecular weight is 209 g/mol. The minimum absolute atomic E-state index is 0.582. The van der Waals surface area contributed by atoms with Crippen molar-refractivity contribution in [3.8, 4) is 0 Å². The summed E-state index contributed by atoms with van der Waals surface area (Å²) in [7, 11) is 2.09. The summed E-state index contributed by atoms with van der Waals surface area (Å²) >= 11 is 1.80. The molecule has 1 aromatic heterocycles. The van der Waals surface area contributed by atoms with Crippen LogP contribution in [-0.4, -0.2) is 7.05 Å². The van der Waals surface area contributed by atoms with Crippen molar-refractivity contribution in [1.82, 2.24) is 5.32 Å². The van der Waals surface area contributed by atoms with Gasteiger partial charge in [0.15, 0.2) is 0 Å². The van der Waals surface area contributed by atoms with Gasteiger partial charge in [0.05, 0.1) is 0 Å². The molecule has 0 aromatic carbocycles. The van der Waals surface area contributed by atoms with Crippen LogP contribution >= 0.6 is 11.3 Å². The third-order valence-electron chi connectivity index (χ3n) is 3.57. The van der Waals surface area contributed by atoms with Gasteiger partial charge in [0.25, 0.3) is 0 Å². The van der Waals surface area contributed by atoms with Gasteiger partial charge in [-0.2, -0.15) is 11.3 Å². The number of thiophene rings is 1. The first-order valence-electron chi connectivity index (χ1n) is 5.52. The van der Waals surface area contributed by atoms with Crippen molar-refractivity contribution in [2.24, 2.45) is 11.8 Å². The summed E-state index contributed by atoms with van der Waals surface area (Å²) in [6.45, 7) is 2.40. The van der Waals surface area contributed by atoms with E-state index in [0.717, 1.165) is 11.8 Å². The van der Waals surface area contributed by atoms with Crippen molar-refractivity contribution in [1.29, 1.82) is 0 Å². The van der Waals surface area contributed by atoms with E-state index in [2.05, 4.69) is 36.1 Å². The van der Waals surface area contributed by atoms with Gasteiger partial charge in [0, 0.05) is 6.04 Å². The average Bonchev–Trinajstić information content (AvgIpc) is 2.80. The van der Waals surface area contributed by atoms with E-state index in [0.29, 0.717) is 6.04 Å².